The maximum absolute atomic E-state index is 10.7. The third-order valence-electron chi connectivity index (χ3n) is 6.19. The topological polar surface area (TPSA) is 77.1 Å². The van der Waals surface area contributed by atoms with Crippen LogP contribution in [0.25, 0.3) is 0 Å². The number of nitro groups is 1. The Hall–Kier alpha value is -2.76. The van der Waals surface area contributed by atoms with Gasteiger partial charge in [-0.05, 0) is 36.2 Å². The number of nitro benzene ring substituents is 1. The SMILES string of the molecule is CCCCCCCCCCCCCCCCOc1ccc(CN=Nc2ccc([N+](=O)[O-])cc2)cc1. The minimum atomic E-state index is -0.427. The van der Waals surface area contributed by atoms with E-state index < -0.39 is 4.92 Å². The van der Waals surface area contributed by atoms with Crippen molar-refractivity contribution in [1.82, 2.24) is 0 Å². The maximum atomic E-state index is 10.7. The van der Waals surface area contributed by atoms with Crippen LogP contribution in [0.3, 0.4) is 0 Å². The van der Waals surface area contributed by atoms with Gasteiger partial charge in [-0.1, -0.05) is 103 Å². The number of hydrogen-bond donors (Lipinski definition) is 0. The standard InChI is InChI=1S/C29H43N3O3/c1-2-3-4-5-6-7-8-9-10-11-12-13-14-15-24-35-29-22-16-26(17-23-29)25-30-31-27-18-20-28(21-19-27)32(33)34/h16-23H,2-15,24-25H2,1H3. The van der Waals surface area contributed by atoms with Gasteiger partial charge >= 0.3 is 0 Å². The quantitative estimate of drug-likeness (QED) is 0.0817. The van der Waals surface area contributed by atoms with Crippen LogP contribution >= 0.6 is 0 Å². The van der Waals surface area contributed by atoms with E-state index >= 15 is 0 Å². The van der Waals surface area contributed by atoms with Crippen LogP contribution in [0.15, 0.2) is 58.8 Å². The monoisotopic (exact) mass is 481 g/mol. The summed E-state index contributed by atoms with van der Waals surface area (Å²) in [7, 11) is 0. The minimum absolute atomic E-state index is 0.0497. The summed E-state index contributed by atoms with van der Waals surface area (Å²) in [6.07, 6.45) is 19.0. The summed E-state index contributed by atoms with van der Waals surface area (Å²) in [5.41, 5.74) is 1.69. The van der Waals surface area contributed by atoms with Crippen molar-refractivity contribution in [3.8, 4) is 5.75 Å². The van der Waals surface area contributed by atoms with Crippen molar-refractivity contribution in [1.29, 1.82) is 0 Å². The smallest absolute Gasteiger partial charge is 0.269 e. The van der Waals surface area contributed by atoms with Gasteiger partial charge in [0.1, 0.15) is 5.75 Å². The maximum Gasteiger partial charge on any atom is 0.269 e. The number of benzene rings is 2. The van der Waals surface area contributed by atoms with Crippen LogP contribution < -0.4 is 4.74 Å². The predicted octanol–water partition coefficient (Wildman–Crippen LogP) is 9.74. The molecule has 0 fully saturated rings. The number of rotatable bonds is 20. The van der Waals surface area contributed by atoms with E-state index in [1.807, 2.05) is 24.3 Å². The summed E-state index contributed by atoms with van der Waals surface area (Å²) in [5.74, 6) is 0.885. The van der Waals surface area contributed by atoms with Gasteiger partial charge in [-0.25, -0.2) is 0 Å². The van der Waals surface area contributed by atoms with Crippen molar-refractivity contribution < 1.29 is 9.66 Å². The number of ether oxygens (including phenoxy) is 1. The number of azo groups is 1. The van der Waals surface area contributed by atoms with Gasteiger partial charge in [0, 0.05) is 12.1 Å². The van der Waals surface area contributed by atoms with Gasteiger partial charge in [0.05, 0.1) is 23.8 Å². The Bertz CT molecular complexity index is 835. The highest BCUT2D eigenvalue weighted by molar-refractivity contribution is 5.43. The molecule has 0 heterocycles. The second-order valence-corrected chi connectivity index (χ2v) is 9.26. The lowest BCUT2D eigenvalue weighted by Crippen LogP contribution is -1.97. The highest BCUT2D eigenvalue weighted by atomic mass is 16.6. The zero-order valence-electron chi connectivity index (χ0n) is 21.5. The molecular weight excluding hydrogens is 438 g/mol. The first kappa shape index (κ1) is 28.5. The highest BCUT2D eigenvalue weighted by Crippen LogP contribution is 2.19. The molecule has 35 heavy (non-hydrogen) atoms. The molecule has 192 valence electrons. The van der Waals surface area contributed by atoms with Crippen molar-refractivity contribution in [3.05, 3.63) is 64.2 Å². The summed E-state index contributed by atoms with van der Waals surface area (Å²) in [5, 5.41) is 19.0. The van der Waals surface area contributed by atoms with Crippen molar-refractivity contribution in [2.75, 3.05) is 6.61 Å². The van der Waals surface area contributed by atoms with E-state index in [4.69, 9.17) is 4.74 Å². The van der Waals surface area contributed by atoms with E-state index in [9.17, 15) is 10.1 Å². The first-order chi connectivity index (χ1) is 17.2. The molecule has 6 heteroatoms. The molecule has 2 rings (SSSR count). The predicted molar refractivity (Wildman–Crippen MR) is 144 cm³/mol. The molecular formula is C29H43N3O3. The fourth-order valence-electron chi connectivity index (χ4n) is 4.02. The zero-order chi connectivity index (χ0) is 25.0. The normalized spacial score (nSPS) is 11.2. The van der Waals surface area contributed by atoms with Gasteiger partial charge in [0.2, 0.25) is 0 Å². The minimum Gasteiger partial charge on any atom is -0.494 e. The van der Waals surface area contributed by atoms with Gasteiger partial charge in [0.25, 0.3) is 5.69 Å². The molecule has 0 spiro atoms. The number of unbranched alkanes of at least 4 members (excludes halogenated alkanes) is 13. The van der Waals surface area contributed by atoms with Gasteiger partial charge < -0.3 is 4.74 Å². The van der Waals surface area contributed by atoms with Crippen LogP contribution in [-0.2, 0) is 6.54 Å². The summed E-state index contributed by atoms with van der Waals surface area (Å²) in [6, 6.07) is 14.0. The van der Waals surface area contributed by atoms with E-state index in [2.05, 4.69) is 17.2 Å². The largest absolute Gasteiger partial charge is 0.494 e. The summed E-state index contributed by atoms with van der Waals surface area (Å²) in [6.45, 7) is 3.49. The molecule has 2 aromatic rings. The Morgan fingerprint density at radius 3 is 1.74 bits per heavy atom. The van der Waals surface area contributed by atoms with E-state index in [1.165, 1.54) is 95.6 Å². The molecule has 0 N–H and O–H groups in total. The summed E-state index contributed by atoms with van der Waals surface area (Å²) >= 11 is 0. The van der Waals surface area contributed by atoms with Crippen molar-refractivity contribution in [3.63, 3.8) is 0 Å². The Morgan fingerprint density at radius 1 is 0.714 bits per heavy atom. The molecule has 0 unspecified atom stereocenters. The van der Waals surface area contributed by atoms with Crippen LogP contribution in [0.1, 0.15) is 102 Å². The zero-order valence-corrected chi connectivity index (χ0v) is 21.5. The van der Waals surface area contributed by atoms with E-state index in [0.29, 0.717) is 12.2 Å². The van der Waals surface area contributed by atoms with Gasteiger partial charge in [-0.3, -0.25) is 10.1 Å². The Labute approximate surface area is 211 Å². The lowest BCUT2D eigenvalue weighted by molar-refractivity contribution is -0.384. The van der Waals surface area contributed by atoms with Crippen molar-refractivity contribution in [2.24, 2.45) is 10.2 Å². The molecule has 0 atom stereocenters. The first-order valence-electron chi connectivity index (χ1n) is 13.5. The molecule has 0 amide bonds. The fraction of sp³-hybridized carbons (Fsp3) is 0.586. The van der Waals surface area contributed by atoms with E-state index in [0.717, 1.165) is 24.3 Å². The third-order valence-corrected chi connectivity index (χ3v) is 6.19. The third kappa shape index (κ3) is 13.6. The van der Waals surface area contributed by atoms with Crippen molar-refractivity contribution in [2.45, 2.75) is 103 Å². The molecule has 0 aliphatic rings. The van der Waals surface area contributed by atoms with E-state index in [-0.39, 0.29) is 5.69 Å². The molecule has 0 saturated carbocycles. The molecule has 0 aliphatic heterocycles. The fourth-order valence-corrected chi connectivity index (χ4v) is 4.02. The molecule has 0 aromatic heterocycles. The lowest BCUT2D eigenvalue weighted by Gasteiger charge is -2.07. The number of nitrogens with zero attached hydrogens (tertiary/aromatic N) is 3. The molecule has 0 bridgehead atoms. The second kappa shape index (κ2) is 18.6. The van der Waals surface area contributed by atoms with Crippen LogP contribution in [0.4, 0.5) is 11.4 Å². The molecule has 2 aromatic carbocycles. The average molecular weight is 482 g/mol. The molecule has 6 nitrogen and oxygen atoms in total. The van der Waals surface area contributed by atoms with Crippen molar-refractivity contribution >= 4 is 11.4 Å². The van der Waals surface area contributed by atoms with Crippen LogP contribution in [0.5, 0.6) is 5.75 Å². The number of non-ortho nitro benzene ring substituents is 1. The molecule has 0 aliphatic carbocycles. The van der Waals surface area contributed by atoms with Crippen LogP contribution in [0, 0.1) is 10.1 Å². The van der Waals surface area contributed by atoms with Crippen LogP contribution in [-0.4, -0.2) is 11.5 Å². The van der Waals surface area contributed by atoms with Gasteiger partial charge in [-0.2, -0.15) is 10.2 Å². The Balaban J connectivity index is 1.45. The molecule has 0 radical (unpaired) electrons. The number of hydrogen-bond acceptors (Lipinski definition) is 5. The van der Waals surface area contributed by atoms with Gasteiger partial charge in [0.15, 0.2) is 0 Å². The van der Waals surface area contributed by atoms with E-state index in [1.54, 1.807) is 12.1 Å². The summed E-state index contributed by atoms with van der Waals surface area (Å²) in [4.78, 5) is 10.3. The summed E-state index contributed by atoms with van der Waals surface area (Å²) < 4.78 is 5.86. The van der Waals surface area contributed by atoms with Crippen LogP contribution in [0.2, 0.25) is 0 Å². The lowest BCUT2D eigenvalue weighted by atomic mass is 10.0. The molecule has 0 saturated heterocycles. The first-order valence-corrected chi connectivity index (χ1v) is 13.5. The second-order valence-electron chi connectivity index (χ2n) is 9.26. The van der Waals surface area contributed by atoms with Gasteiger partial charge in [-0.15, -0.1) is 0 Å². The average Bonchev–Trinajstić information content (AvgIpc) is 2.87. The Morgan fingerprint density at radius 2 is 1.23 bits per heavy atom. The Kier molecular flexibility index (Phi) is 15.1. The highest BCUT2D eigenvalue weighted by Gasteiger charge is 2.03.